The molecule has 23 heavy (non-hydrogen) atoms. The van der Waals surface area contributed by atoms with Crippen molar-refractivity contribution in [2.75, 3.05) is 18.4 Å². The van der Waals surface area contributed by atoms with E-state index in [9.17, 15) is 9.59 Å². The number of hydrogen-bond acceptors (Lipinski definition) is 3. The zero-order valence-electron chi connectivity index (χ0n) is 12.5. The Labute approximate surface area is 142 Å². The third-order valence-corrected chi connectivity index (χ3v) is 4.25. The maximum atomic E-state index is 12.1. The molecular formula is C17H17BrN2O3. The fourth-order valence-electron chi connectivity index (χ4n) is 2.59. The second-order valence-corrected chi connectivity index (χ2v) is 6.30. The molecule has 2 amide bonds. The first-order chi connectivity index (χ1) is 11.1. The van der Waals surface area contributed by atoms with Crippen LogP contribution in [0, 0.1) is 0 Å². The van der Waals surface area contributed by atoms with Gasteiger partial charge in [0.1, 0.15) is 0 Å². The molecule has 6 heteroatoms. The van der Waals surface area contributed by atoms with Gasteiger partial charge < -0.3 is 14.6 Å². The van der Waals surface area contributed by atoms with Crippen LogP contribution in [0.15, 0.2) is 45.5 Å². The van der Waals surface area contributed by atoms with Crippen molar-refractivity contribution >= 4 is 33.4 Å². The van der Waals surface area contributed by atoms with Crippen LogP contribution in [0.4, 0.5) is 5.69 Å². The third-order valence-electron chi connectivity index (χ3n) is 3.82. The second kappa shape index (κ2) is 7.00. The quantitative estimate of drug-likeness (QED) is 0.888. The molecule has 0 unspecified atom stereocenters. The lowest BCUT2D eigenvalue weighted by atomic mass is 10.1. The molecule has 0 radical (unpaired) electrons. The van der Waals surface area contributed by atoms with E-state index in [1.807, 2.05) is 17.0 Å². The highest BCUT2D eigenvalue weighted by Crippen LogP contribution is 2.17. The van der Waals surface area contributed by atoms with Crippen molar-refractivity contribution in [3.63, 3.8) is 0 Å². The van der Waals surface area contributed by atoms with Gasteiger partial charge in [-0.1, -0.05) is 12.1 Å². The van der Waals surface area contributed by atoms with Gasteiger partial charge in [-0.05, 0) is 58.6 Å². The Bertz CT molecular complexity index is 703. The lowest BCUT2D eigenvalue weighted by Gasteiger charge is -2.15. The van der Waals surface area contributed by atoms with Gasteiger partial charge in [-0.3, -0.25) is 9.59 Å². The minimum Gasteiger partial charge on any atom is -0.444 e. The lowest BCUT2D eigenvalue weighted by molar-refractivity contribution is -0.129. The third kappa shape index (κ3) is 4.01. The largest absolute Gasteiger partial charge is 0.444 e. The number of anilines is 1. The molecule has 1 aromatic heterocycles. The first-order valence-corrected chi connectivity index (χ1v) is 8.34. The minimum atomic E-state index is -0.309. The molecule has 1 aliphatic rings. The van der Waals surface area contributed by atoms with Crippen LogP contribution in [0.2, 0.25) is 0 Å². The molecule has 1 fully saturated rings. The summed E-state index contributed by atoms with van der Waals surface area (Å²) in [6.07, 6.45) is 2.60. The van der Waals surface area contributed by atoms with Crippen LogP contribution in [0.25, 0.3) is 0 Å². The average Bonchev–Trinajstić information content (AvgIpc) is 3.20. The van der Waals surface area contributed by atoms with Gasteiger partial charge in [0.25, 0.3) is 5.91 Å². The van der Waals surface area contributed by atoms with Crippen molar-refractivity contribution in [1.29, 1.82) is 0 Å². The normalized spacial score (nSPS) is 14.0. The second-order valence-electron chi connectivity index (χ2n) is 5.52. The number of carbonyl (C=O) groups excluding carboxylic acids is 2. The maximum absolute atomic E-state index is 12.1. The molecule has 1 saturated heterocycles. The molecule has 5 nitrogen and oxygen atoms in total. The Kier molecular flexibility index (Phi) is 4.81. The number of halogens is 1. The molecule has 3 rings (SSSR count). The number of amides is 2. The van der Waals surface area contributed by atoms with E-state index in [-0.39, 0.29) is 17.6 Å². The van der Waals surface area contributed by atoms with E-state index in [1.54, 1.807) is 24.3 Å². The number of nitrogens with zero attached hydrogens (tertiary/aromatic N) is 1. The molecule has 0 saturated carbocycles. The molecule has 2 heterocycles. The van der Waals surface area contributed by atoms with Gasteiger partial charge in [0.05, 0.1) is 6.42 Å². The standard InChI is InChI=1S/C17H17BrN2O3/c18-15-8-7-14(23-15)17(22)19-13-5-3-12(4-6-13)11-16(21)20-9-1-2-10-20/h3-8H,1-2,9-11H2,(H,19,22). The molecule has 0 aliphatic carbocycles. The highest BCUT2D eigenvalue weighted by Gasteiger charge is 2.18. The Morgan fingerprint density at radius 2 is 1.78 bits per heavy atom. The van der Waals surface area contributed by atoms with Crippen LogP contribution in [0.5, 0.6) is 0 Å². The van der Waals surface area contributed by atoms with Crippen molar-refractivity contribution < 1.29 is 14.0 Å². The Morgan fingerprint density at radius 1 is 1.09 bits per heavy atom. The number of rotatable bonds is 4. The van der Waals surface area contributed by atoms with Gasteiger partial charge in [-0.2, -0.15) is 0 Å². The number of benzene rings is 1. The summed E-state index contributed by atoms with van der Waals surface area (Å²) in [5.74, 6) is 0.0986. The molecule has 1 aliphatic heterocycles. The maximum Gasteiger partial charge on any atom is 0.291 e. The zero-order chi connectivity index (χ0) is 16.2. The van der Waals surface area contributed by atoms with Crippen molar-refractivity contribution in [3.05, 3.63) is 52.4 Å². The van der Waals surface area contributed by atoms with Gasteiger partial charge >= 0.3 is 0 Å². The topological polar surface area (TPSA) is 62.6 Å². The predicted octanol–water partition coefficient (Wildman–Crippen LogP) is 3.46. The summed E-state index contributed by atoms with van der Waals surface area (Å²) >= 11 is 3.16. The summed E-state index contributed by atoms with van der Waals surface area (Å²) < 4.78 is 5.72. The van der Waals surface area contributed by atoms with E-state index in [0.717, 1.165) is 31.5 Å². The molecule has 1 N–H and O–H groups in total. The molecular weight excluding hydrogens is 360 g/mol. The highest BCUT2D eigenvalue weighted by molar-refractivity contribution is 9.10. The van der Waals surface area contributed by atoms with E-state index < -0.39 is 0 Å². The highest BCUT2D eigenvalue weighted by atomic mass is 79.9. The van der Waals surface area contributed by atoms with Crippen molar-refractivity contribution in [2.45, 2.75) is 19.3 Å². The summed E-state index contributed by atoms with van der Waals surface area (Å²) in [4.78, 5) is 26.0. The smallest absolute Gasteiger partial charge is 0.291 e. The van der Waals surface area contributed by atoms with Gasteiger partial charge in [-0.15, -0.1) is 0 Å². The zero-order valence-corrected chi connectivity index (χ0v) is 14.1. The van der Waals surface area contributed by atoms with Crippen LogP contribution in [0.3, 0.4) is 0 Å². The van der Waals surface area contributed by atoms with Crippen LogP contribution in [0.1, 0.15) is 29.0 Å². The van der Waals surface area contributed by atoms with E-state index >= 15 is 0 Å². The van der Waals surface area contributed by atoms with Gasteiger partial charge in [0.2, 0.25) is 5.91 Å². The molecule has 120 valence electrons. The van der Waals surface area contributed by atoms with E-state index in [4.69, 9.17) is 4.42 Å². The van der Waals surface area contributed by atoms with Crippen molar-refractivity contribution in [2.24, 2.45) is 0 Å². The van der Waals surface area contributed by atoms with Crippen LogP contribution < -0.4 is 5.32 Å². The van der Waals surface area contributed by atoms with Crippen molar-refractivity contribution in [3.8, 4) is 0 Å². The van der Waals surface area contributed by atoms with E-state index in [1.165, 1.54) is 0 Å². The molecule has 0 atom stereocenters. The van der Waals surface area contributed by atoms with E-state index in [0.29, 0.717) is 16.8 Å². The minimum absolute atomic E-state index is 0.166. The predicted molar refractivity (Wildman–Crippen MR) is 90.3 cm³/mol. The number of nitrogens with one attached hydrogen (secondary N) is 1. The fraction of sp³-hybridized carbons (Fsp3) is 0.294. The molecule has 2 aromatic rings. The Hall–Kier alpha value is -2.08. The Morgan fingerprint density at radius 3 is 2.39 bits per heavy atom. The number of furan rings is 1. The first kappa shape index (κ1) is 15.8. The summed E-state index contributed by atoms with van der Waals surface area (Å²) in [6, 6.07) is 10.6. The first-order valence-electron chi connectivity index (χ1n) is 7.55. The summed E-state index contributed by atoms with van der Waals surface area (Å²) in [7, 11) is 0. The van der Waals surface area contributed by atoms with Gasteiger partial charge in [-0.25, -0.2) is 0 Å². The van der Waals surface area contributed by atoms with E-state index in [2.05, 4.69) is 21.2 Å². The van der Waals surface area contributed by atoms with Crippen LogP contribution in [-0.4, -0.2) is 29.8 Å². The summed E-state index contributed by atoms with van der Waals surface area (Å²) in [6.45, 7) is 1.73. The number of likely N-dealkylation sites (tertiary alicyclic amines) is 1. The molecule has 0 bridgehead atoms. The van der Waals surface area contributed by atoms with Gasteiger partial charge in [0, 0.05) is 18.8 Å². The summed E-state index contributed by atoms with van der Waals surface area (Å²) in [5, 5.41) is 2.76. The lowest BCUT2D eigenvalue weighted by Crippen LogP contribution is -2.29. The monoisotopic (exact) mass is 376 g/mol. The fourth-order valence-corrected chi connectivity index (χ4v) is 2.89. The number of carbonyl (C=O) groups is 2. The Balaban J connectivity index is 1.58. The van der Waals surface area contributed by atoms with Crippen LogP contribution in [-0.2, 0) is 11.2 Å². The molecule has 0 spiro atoms. The molecule has 1 aromatic carbocycles. The number of hydrogen-bond donors (Lipinski definition) is 1. The summed E-state index contributed by atoms with van der Waals surface area (Å²) in [5.41, 5.74) is 1.61. The average molecular weight is 377 g/mol. The van der Waals surface area contributed by atoms with Crippen LogP contribution >= 0.6 is 15.9 Å². The van der Waals surface area contributed by atoms with Crippen molar-refractivity contribution in [1.82, 2.24) is 4.90 Å². The SMILES string of the molecule is O=C(Nc1ccc(CC(=O)N2CCCC2)cc1)c1ccc(Br)o1. The van der Waals surface area contributed by atoms with Gasteiger partial charge in [0.15, 0.2) is 10.4 Å².